The SMILES string of the molecule is CN(CC(=O)O)CC(Cl)c1ccc(Cl)cc1Cl. The molecule has 0 heterocycles. The van der Waals surface area contributed by atoms with E-state index in [9.17, 15) is 4.79 Å². The molecule has 1 atom stereocenters. The average Bonchev–Trinajstić information content (AvgIpc) is 2.15. The summed E-state index contributed by atoms with van der Waals surface area (Å²) in [5.41, 5.74) is 0.745. The monoisotopic (exact) mass is 295 g/mol. The Morgan fingerprint density at radius 2 is 2.12 bits per heavy atom. The molecule has 0 saturated heterocycles. The summed E-state index contributed by atoms with van der Waals surface area (Å²) in [6.45, 7) is 0.337. The zero-order chi connectivity index (χ0) is 13.0. The minimum Gasteiger partial charge on any atom is -0.480 e. The first-order chi connectivity index (χ1) is 7.90. The molecule has 17 heavy (non-hydrogen) atoms. The summed E-state index contributed by atoms with van der Waals surface area (Å²) in [6.07, 6.45) is 0. The highest BCUT2D eigenvalue weighted by molar-refractivity contribution is 6.35. The first kappa shape index (κ1) is 14.6. The molecule has 0 radical (unpaired) electrons. The van der Waals surface area contributed by atoms with Gasteiger partial charge in [0, 0.05) is 16.6 Å². The zero-order valence-corrected chi connectivity index (χ0v) is 11.4. The van der Waals surface area contributed by atoms with E-state index < -0.39 is 5.97 Å². The quantitative estimate of drug-likeness (QED) is 0.848. The van der Waals surface area contributed by atoms with Gasteiger partial charge in [0.1, 0.15) is 0 Å². The van der Waals surface area contributed by atoms with E-state index in [-0.39, 0.29) is 11.9 Å². The van der Waals surface area contributed by atoms with Crippen LogP contribution in [0.4, 0.5) is 0 Å². The first-order valence-corrected chi connectivity index (χ1v) is 6.08. The molecule has 0 spiro atoms. The van der Waals surface area contributed by atoms with Crippen LogP contribution in [0.5, 0.6) is 0 Å². The molecule has 0 fully saturated rings. The lowest BCUT2D eigenvalue weighted by atomic mass is 10.1. The summed E-state index contributed by atoms with van der Waals surface area (Å²) in [7, 11) is 1.69. The van der Waals surface area contributed by atoms with Crippen LogP contribution >= 0.6 is 34.8 Å². The molecule has 6 heteroatoms. The lowest BCUT2D eigenvalue weighted by Gasteiger charge is -2.19. The fourth-order valence-corrected chi connectivity index (χ4v) is 2.44. The highest BCUT2D eigenvalue weighted by Gasteiger charge is 2.15. The van der Waals surface area contributed by atoms with Crippen LogP contribution in [0.25, 0.3) is 0 Å². The Kier molecular flexibility index (Phi) is 5.53. The number of halogens is 3. The molecule has 94 valence electrons. The first-order valence-electron chi connectivity index (χ1n) is 4.89. The third-order valence-electron chi connectivity index (χ3n) is 2.18. The van der Waals surface area contributed by atoms with E-state index in [1.807, 2.05) is 0 Å². The molecular weight excluding hydrogens is 284 g/mol. The van der Waals surface area contributed by atoms with E-state index in [0.29, 0.717) is 16.6 Å². The number of carboxylic acid groups (broad SMARTS) is 1. The number of hydrogen-bond acceptors (Lipinski definition) is 2. The van der Waals surface area contributed by atoms with Gasteiger partial charge in [0.2, 0.25) is 0 Å². The van der Waals surface area contributed by atoms with Crippen LogP contribution in [0.2, 0.25) is 10.0 Å². The highest BCUT2D eigenvalue weighted by atomic mass is 35.5. The standard InChI is InChI=1S/C11H12Cl3NO2/c1-15(6-11(16)17)5-10(14)8-3-2-7(12)4-9(8)13/h2-4,10H,5-6H2,1H3,(H,16,17). The summed E-state index contributed by atoms with van der Waals surface area (Å²) in [4.78, 5) is 12.1. The third-order valence-corrected chi connectivity index (χ3v) is 3.11. The van der Waals surface area contributed by atoms with Gasteiger partial charge in [-0.2, -0.15) is 0 Å². The van der Waals surface area contributed by atoms with Crippen molar-refractivity contribution >= 4 is 40.8 Å². The number of benzene rings is 1. The Hall–Kier alpha value is -0.480. The maximum atomic E-state index is 10.5. The summed E-state index contributed by atoms with van der Waals surface area (Å²) < 4.78 is 0. The summed E-state index contributed by atoms with van der Waals surface area (Å²) in [6, 6.07) is 5.07. The Labute approximate surface area is 115 Å². The maximum Gasteiger partial charge on any atom is 0.317 e. The fraction of sp³-hybridized carbons (Fsp3) is 0.364. The van der Waals surface area contributed by atoms with E-state index in [4.69, 9.17) is 39.9 Å². The molecule has 0 aliphatic heterocycles. The fourth-order valence-electron chi connectivity index (χ4n) is 1.42. The van der Waals surface area contributed by atoms with Gasteiger partial charge < -0.3 is 5.11 Å². The van der Waals surface area contributed by atoms with E-state index in [1.165, 1.54) is 0 Å². The van der Waals surface area contributed by atoms with Crippen LogP contribution in [0.15, 0.2) is 18.2 Å². The van der Waals surface area contributed by atoms with Gasteiger partial charge in [-0.15, -0.1) is 11.6 Å². The average molecular weight is 297 g/mol. The number of carboxylic acids is 1. The van der Waals surface area contributed by atoms with Gasteiger partial charge in [-0.05, 0) is 24.7 Å². The van der Waals surface area contributed by atoms with E-state index in [0.717, 1.165) is 5.56 Å². The second-order valence-electron chi connectivity index (χ2n) is 3.72. The predicted molar refractivity (Wildman–Crippen MR) is 70.2 cm³/mol. The van der Waals surface area contributed by atoms with Gasteiger partial charge in [-0.3, -0.25) is 9.69 Å². The van der Waals surface area contributed by atoms with Crippen LogP contribution in [0, 0.1) is 0 Å². The molecule has 1 rings (SSSR count). The van der Waals surface area contributed by atoms with Crippen molar-refractivity contribution in [2.75, 3.05) is 20.1 Å². The van der Waals surface area contributed by atoms with Crippen LogP contribution < -0.4 is 0 Å². The van der Waals surface area contributed by atoms with Crippen molar-refractivity contribution in [3.05, 3.63) is 33.8 Å². The van der Waals surface area contributed by atoms with Crippen LogP contribution in [0.3, 0.4) is 0 Å². The second-order valence-corrected chi connectivity index (χ2v) is 5.09. The van der Waals surface area contributed by atoms with Gasteiger partial charge >= 0.3 is 5.97 Å². The molecule has 0 saturated carbocycles. The van der Waals surface area contributed by atoms with Crippen molar-refractivity contribution in [3.63, 3.8) is 0 Å². The van der Waals surface area contributed by atoms with Gasteiger partial charge in [-0.25, -0.2) is 0 Å². The summed E-state index contributed by atoms with van der Waals surface area (Å²) in [5, 5.41) is 9.29. The molecule has 0 aromatic heterocycles. The molecule has 0 aliphatic rings. The van der Waals surface area contributed by atoms with Crippen LogP contribution in [-0.4, -0.2) is 36.1 Å². The van der Waals surface area contributed by atoms with Gasteiger partial charge in [0.15, 0.2) is 0 Å². The third kappa shape index (κ3) is 4.72. The smallest absolute Gasteiger partial charge is 0.317 e. The minimum atomic E-state index is -0.890. The normalized spacial score (nSPS) is 12.8. The minimum absolute atomic E-state index is 0.0611. The number of rotatable bonds is 5. The van der Waals surface area contributed by atoms with Crippen molar-refractivity contribution in [2.24, 2.45) is 0 Å². The van der Waals surface area contributed by atoms with E-state index >= 15 is 0 Å². The zero-order valence-electron chi connectivity index (χ0n) is 9.16. The van der Waals surface area contributed by atoms with Crippen molar-refractivity contribution in [3.8, 4) is 0 Å². The van der Waals surface area contributed by atoms with Gasteiger partial charge in [0.25, 0.3) is 0 Å². The number of likely N-dealkylation sites (N-methyl/N-ethyl adjacent to an activating group) is 1. The molecule has 0 aliphatic carbocycles. The number of hydrogen-bond donors (Lipinski definition) is 1. The summed E-state index contributed by atoms with van der Waals surface area (Å²) >= 11 is 18.0. The van der Waals surface area contributed by atoms with E-state index in [2.05, 4.69) is 0 Å². The largest absolute Gasteiger partial charge is 0.480 e. The van der Waals surface area contributed by atoms with Crippen LogP contribution in [-0.2, 0) is 4.79 Å². The molecule has 1 N–H and O–H groups in total. The number of nitrogens with zero attached hydrogens (tertiary/aromatic N) is 1. The predicted octanol–water partition coefficient (Wildman–Crippen LogP) is 3.29. The molecular formula is C11H12Cl3NO2. The van der Waals surface area contributed by atoms with Gasteiger partial charge in [-0.1, -0.05) is 29.3 Å². The Balaban J connectivity index is 2.69. The molecule has 3 nitrogen and oxygen atoms in total. The molecule has 1 unspecified atom stereocenters. The maximum absolute atomic E-state index is 10.5. The number of carbonyl (C=O) groups is 1. The van der Waals surface area contributed by atoms with Crippen LogP contribution in [0.1, 0.15) is 10.9 Å². The lowest BCUT2D eigenvalue weighted by Crippen LogP contribution is -2.28. The van der Waals surface area contributed by atoms with Crippen molar-refractivity contribution in [1.29, 1.82) is 0 Å². The van der Waals surface area contributed by atoms with Gasteiger partial charge in [0.05, 0.1) is 11.9 Å². The molecule has 0 amide bonds. The van der Waals surface area contributed by atoms with Crippen molar-refractivity contribution in [2.45, 2.75) is 5.38 Å². The number of alkyl halides is 1. The van der Waals surface area contributed by atoms with E-state index in [1.54, 1.807) is 30.1 Å². The Morgan fingerprint density at radius 1 is 1.47 bits per heavy atom. The van der Waals surface area contributed by atoms with Crippen molar-refractivity contribution in [1.82, 2.24) is 4.90 Å². The molecule has 1 aromatic rings. The molecule has 1 aromatic carbocycles. The highest BCUT2D eigenvalue weighted by Crippen LogP contribution is 2.30. The molecule has 0 bridgehead atoms. The topological polar surface area (TPSA) is 40.5 Å². The Morgan fingerprint density at radius 3 is 2.65 bits per heavy atom. The second kappa shape index (κ2) is 6.45. The lowest BCUT2D eigenvalue weighted by molar-refractivity contribution is -0.137. The van der Waals surface area contributed by atoms with Crippen molar-refractivity contribution < 1.29 is 9.90 Å². The Bertz CT molecular complexity index is 412. The summed E-state index contributed by atoms with van der Waals surface area (Å²) in [5.74, 6) is -0.890. The number of aliphatic carboxylic acids is 1.